The summed E-state index contributed by atoms with van der Waals surface area (Å²) in [6.07, 6.45) is 0. The number of hydrogen-bond acceptors (Lipinski definition) is 5. The monoisotopic (exact) mass is 367 g/mol. The van der Waals surface area contributed by atoms with E-state index in [9.17, 15) is 4.79 Å². The average molecular weight is 368 g/mol. The van der Waals surface area contributed by atoms with Crippen molar-refractivity contribution < 1.29 is 4.74 Å². The number of rotatable bonds is 4. The molecule has 26 heavy (non-hydrogen) atoms. The largest absolute Gasteiger partial charge is 0.465 e. The van der Waals surface area contributed by atoms with E-state index in [2.05, 4.69) is 15.3 Å². The molecule has 0 aliphatic heterocycles. The molecule has 0 radical (unpaired) electrons. The predicted octanol–water partition coefficient (Wildman–Crippen LogP) is 3.02. The lowest BCUT2D eigenvalue weighted by Crippen LogP contribution is -2.22. The van der Waals surface area contributed by atoms with Crippen LogP contribution in [0.5, 0.6) is 6.01 Å². The van der Waals surface area contributed by atoms with Crippen LogP contribution in [0.4, 0.5) is 0 Å². The van der Waals surface area contributed by atoms with Gasteiger partial charge in [-0.25, -0.2) is 4.57 Å². The normalized spacial score (nSPS) is 11.0. The van der Waals surface area contributed by atoms with Gasteiger partial charge in [-0.15, -0.1) is 5.10 Å². The minimum absolute atomic E-state index is 0.159. The quantitative estimate of drug-likeness (QED) is 0.554. The summed E-state index contributed by atoms with van der Waals surface area (Å²) in [5.74, 6) is 0. The molecule has 2 heterocycles. The van der Waals surface area contributed by atoms with Crippen LogP contribution in [0.25, 0.3) is 22.5 Å². The third-order valence-electron chi connectivity index (χ3n) is 3.80. The van der Waals surface area contributed by atoms with Crippen LogP contribution in [0.3, 0.4) is 0 Å². The smallest absolute Gasteiger partial charge is 0.306 e. The van der Waals surface area contributed by atoms with Gasteiger partial charge in [0.25, 0.3) is 5.56 Å². The van der Waals surface area contributed by atoms with Crippen LogP contribution in [-0.4, -0.2) is 31.2 Å². The molecule has 0 amide bonds. The number of aromatic nitrogens is 5. The SMILES string of the molecule is CCOc1nc2c(nnn2-c2ccccc2)c(=O)n1-c1ccc(Cl)cc1. The van der Waals surface area contributed by atoms with E-state index in [1.165, 1.54) is 9.25 Å². The minimum atomic E-state index is -0.358. The zero-order valence-corrected chi connectivity index (χ0v) is 14.6. The molecule has 0 saturated carbocycles. The van der Waals surface area contributed by atoms with Gasteiger partial charge in [0.15, 0.2) is 11.2 Å². The molecule has 130 valence electrons. The Morgan fingerprint density at radius 1 is 1.04 bits per heavy atom. The molecule has 4 rings (SSSR count). The van der Waals surface area contributed by atoms with E-state index >= 15 is 0 Å². The molecule has 2 aromatic heterocycles. The van der Waals surface area contributed by atoms with Crippen molar-refractivity contribution >= 4 is 22.8 Å². The molecular formula is C18H14ClN5O2. The van der Waals surface area contributed by atoms with Crippen molar-refractivity contribution in [3.05, 3.63) is 70.0 Å². The van der Waals surface area contributed by atoms with Crippen LogP contribution >= 0.6 is 11.6 Å². The Kier molecular flexibility index (Phi) is 4.14. The lowest BCUT2D eigenvalue weighted by molar-refractivity contribution is 0.303. The topological polar surface area (TPSA) is 74.8 Å². The van der Waals surface area contributed by atoms with Crippen LogP contribution < -0.4 is 10.3 Å². The number of benzene rings is 2. The highest BCUT2D eigenvalue weighted by molar-refractivity contribution is 6.30. The minimum Gasteiger partial charge on any atom is -0.465 e. The van der Waals surface area contributed by atoms with E-state index in [1.807, 2.05) is 37.3 Å². The predicted molar refractivity (Wildman–Crippen MR) is 98.4 cm³/mol. The van der Waals surface area contributed by atoms with Gasteiger partial charge in [-0.2, -0.15) is 9.67 Å². The van der Waals surface area contributed by atoms with E-state index < -0.39 is 0 Å². The van der Waals surface area contributed by atoms with Gasteiger partial charge in [0.1, 0.15) is 0 Å². The summed E-state index contributed by atoms with van der Waals surface area (Å²) < 4.78 is 8.51. The number of para-hydroxylation sites is 1. The van der Waals surface area contributed by atoms with Gasteiger partial charge in [-0.1, -0.05) is 35.0 Å². The Labute approximate surface area is 153 Å². The Morgan fingerprint density at radius 3 is 2.46 bits per heavy atom. The van der Waals surface area contributed by atoms with Gasteiger partial charge < -0.3 is 4.74 Å². The van der Waals surface area contributed by atoms with Crippen molar-refractivity contribution in [1.29, 1.82) is 0 Å². The van der Waals surface area contributed by atoms with Gasteiger partial charge in [-0.05, 0) is 43.3 Å². The van der Waals surface area contributed by atoms with E-state index in [4.69, 9.17) is 16.3 Å². The van der Waals surface area contributed by atoms with Crippen molar-refractivity contribution in [2.24, 2.45) is 0 Å². The zero-order chi connectivity index (χ0) is 18.1. The van der Waals surface area contributed by atoms with Crippen molar-refractivity contribution in [2.75, 3.05) is 6.61 Å². The fourth-order valence-electron chi connectivity index (χ4n) is 2.64. The maximum absolute atomic E-state index is 13.0. The number of fused-ring (bicyclic) bond motifs is 1. The van der Waals surface area contributed by atoms with E-state index in [0.717, 1.165) is 5.69 Å². The second kappa shape index (κ2) is 6.61. The fourth-order valence-corrected chi connectivity index (χ4v) is 2.76. The van der Waals surface area contributed by atoms with Crippen molar-refractivity contribution in [2.45, 2.75) is 6.92 Å². The summed E-state index contributed by atoms with van der Waals surface area (Å²) in [5.41, 5.74) is 1.49. The van der Waals surface area contributed by atoms with Crippen LogP contribution in [-0.2, 0) is 0 Å². The summed E-state index contributed by atoms with van der Waals surface area (Å²) in [7, 11) is 0. The number of hydrogen-bond donors (Lipinski definition) is 0. The summed E-state index contributed by atoms with van der Waals surface area (Å²) >= 11 is 5.95. The van der Waals surface area contributed by atoms with Gasteiger partial charge in [0.05, 0.1) is 18.0 Å². The van der Waals surface area contributed by atoms with Crippen LogP contribution in [0.15, 0.2) is 59.4 Å². The maximum Gasteiger partial charge on any atom is 0.306 e. The second-order valence-electron chi connectivity index (χ2n) is 5.45. The highest BCUT2D eigenvalue weighted by atomic mass is 35.5. The van der Waals surface area contributed by atoms with Crippen molar-refractivity contribution in [3.63, 3.8) is 0 Å². The molecule has 0 fully saturated rings. The van der Waals surface area contributed by atoms with Gasteiger partial charge in [0.2, 0.25) is 0 Å². The van der Waals surface area contributed by atoms with Crippen LogP contribution in [0.1, 0.15) is 6.92 Å². The highest BCUT2D eigenvalue weighted by Gasteiger charge is 2.19. The summed E-state index contributed by atoms with van der Waals surface area (Å²) in [6, 6.07) is 16.4. The van der Waals surface area contributed by atoms with Crippen molar-refractivity contribution in [3.8, 4) is 17.4 Å². The first kappa shape index (κ1) is 16.3. The van der Waals surface area contributed by atoms with Gasteiger partial charge in [0, 0.05) is 5.02 Å². The molecule has 0 spiro atoms. The molecule has 0 aliphatic carbocycles. The molecule has 0 N–H and O–H groups in total. The van der Waals surface area contributed by atoms with E-state index in [-0.39, 0.29) is 17.1 Å². The highest BCUT2D eigenvalue weighted by Crippen LogP contribution is 2.20. The first-order chi connectivity index (χ1) is 12.7. The third kappa shape index (κ3) is 2.72. The first-order valence-corrected chi connectivity index (χ1v) is 8.39. The van der Waals surface area contributed by atoms with Crippen molar-refractivity contribution in [1.82, 2.24) is 24.5 Å². The molecule has 7 nitrogen and oxygen atoms in total. The Balaban J connectivity index is 1.99. The van der Waals surface area contributed by atoms with E-state index in [1.54, 1.807) is 24.3 Å². The molecule has 0 unspecified atom stereocenters. The first-order valence-electron chi connectivity index (χ1n) is 8.01. The van der Waals surface area contributed by atoms with Crippen LogP contribution in [0, 0.1) is 0 Å². The standard InChI is InChI=1S/C18H14ClN5O2/c1-2-26-18-20-16-15(21-22-24(16)14-6-4-3-5-7-14)17(25)23(18)13-10-8-12(19)9-11-13/h3-11H,2H2,1H3. The molecule has 0 aliphatic rings. The molecule has 4 aromatic rings. The summed E-state index contributed by atoms with van der Waals surface area (Å²) in [5, 5.41) is 8.70. The fraction of sp³-hybridized carbons (Fsp3) is 0.111. The lowest BCUT2D eigenvalue weighted by atomic mass is 10.3. The van der Waals surface area contributed by atoms with Crippen LogP contribution in [0.2, 0.25) is 5.02 Å². The third-order valence-corrected chi connectivity index (χ3v) is 4.06. The Morgan fingerprint density at radius 2 is 1.77 bits per heavy atom. The number of nitrogens with zero attached hydrogens (tertiary/aromatic N) is 5. The molecule has 0 bridgehead atoms. The zero-order valence-electron chi connectivity index (χ0n) is 13.8. The Hall–Kier alpha value is -3.19. The molecule has 8 heteroatoms. The van der Waals surface area contributed by atoms with E-state index in [0.29, 0.717) is 23.0 Å². The summed E-state index contributed by atoms with van der Waals surface area (Å²) in [4.78, 5) is 17.6. The number of halogens is 1. The molecule has 0 saturated heterocycles. The Bertz CT molecular complexity index is 1120. The molecule has 0 atom stereocenters. The van der Waals surface area contributed by atoms with Gasteiger partial charge >= 0.3 is 6.01 Å². The van der Waals surface area contributed by atoms with Gasteiger partial charge in [-0.3, -0.25) is 4.79 Å². The second-order valence-corrected chi connectivity index (χ2v) is 5.89. The molecule has 2 aromatic carbocycles. The average Bonchev–Trinajstić information content (AvgIpc) is 3.08. The maximum atomic E-state index is 13.0. The molecular weight excluding hydrogens is 354 g/mol. The number of ether oxygens (including phenoxy) is 1. The lowest BCUT2D eigenvalue weighted by Gasteiger charge is -2.12. The summed E-state index contributed by atoms with van der Waals surface area (Å²) in [6.45, 7) is 2.19.